The molecule has 2 amide bonds. The molecule has 9 heteroatoms. The zero-order valence-electron chi connectivity index (χ0n) is 15.7. The van der Waals surface area contributed by atoms with E-state index < -0.39 is 5.82 Å². The van der Waals surface area contributed by atoms with E-state index in [2.05, 4.69) is 21.2 Å². The Balaban J connectivity index is 1.54. The minimum atomic E-state index is -0.415. The Morgan fingerprint density at radius 1 is 1.17 bits per heavy atom. The monoisotopic (exact) mass is 466 g/mol. The average Bonchev–Trinajstić information content (AvgIpc) is 2.71. The van der Waals surface area contributed by atoms with E-state index in [0.717, 1.165) is 0 Å². The molecule has 0 fully saturated rings. The highest BCUT2D eigenvalue weighted by Crippen LogP contribution is 2.32. The Morgan fingerprint density at radius 2 is 1.93 bits per heavy atom. The van der Waals surface area contributed by atoms with Crippen molar-refractivity contribution in [1.29, 1.82) is 0 Å². The number of amides is 2. The summed E-state index contributed by atoms with van der Waals surface area (Å²) >= 11 is 3.18. The second kappa shape index (κ2) is 9.60. The highest BCUT2D eigenvalue weighted by molar-refractivity contribution is 9.10. The van der Waals surface area contributed by atoms with E-state index >= 15 is 0 Å². The van der Waals surface area contributed by atoms with Crippen molar-refractivity contribution < 1.29 is 28.2 Å². The lowest BCUT2D eigenvalue weighted by Gasteiger charge is -2.21. The van der Waals surface area contributed by atoms with Crippen LogP contribution < -0.4 is 19.5 Å². The van der Waals surface area contributed by atoms with Crippen LogP contribution in [-0.4, -0.2) is 49.6 Å². The molecule has 1 aliphatic rings. The molecule has 154 valence electrons. The standard InChI is InChI=1S/C20H20BrFN2O5/c1-2-24(20(26)12-29-16-5-3-13(22)9-15(16)21)11-19(25)23-14-4-6-17-18(10-14)28-8-7-27-17/h3-6,9-10H,2,7-8,11-12H2,1H3,(H,23,25). The summed E-state index contributed by atoms with van der Waals surface area (Å²) in [6, 6.07) is 9.03. The van der Waals surface area contributed by atoms with Crippen LogP contribution in [0.3, 0.4) is 0 Å². The summed E-state index contributed by atoms with van der Waals surface area (Å²) in [6.07, 6.45) is 0. The first-order chi connectivity index (χ1) is 14.0. The van der Waals surface area contributed by atoms with Gasteiger partial charge in [-0.2, -0.15) is 0 Å². The van der Waals surface area contributed by atoms with E-state index in [9.17, 15) is 14.0 Å². The fourth-order valence-corrected chi connectivity index (χ4v) is 3.16. The predicted molar refractivity (Wildman–Crippen MR) is 108 cm³/mol. The maximum absolute atomic E-state index is 13.1. The van der Waals surface area contributed by atoms with Crippen molar-refractivity contribution >= 4 is 33.4 Å². The summed E-state index contributed by atoms with van der Waals surface area (Å²) in [5.74, 6) is 0.415. The average molecular weight is 467 g/mol. The SMILES string of the molecule is CCN(CC(=O)Nc1ccc2c(c1)OCCO2)C(=O)COc1ccc(F)cc1Br. The molecule has 0 aromatic heterocycles. The van der Waals surface area contributed by atoms with E-state index in [1.807, 2.05) is 0 Å². The Labute approximate surface area is 175 Å². The van der Waals surface area contributed by atoms with Gasteiger partial charge in [0.1, 0.15) is 24.8 Å². The summed E-state index contributed by atoms with van der Waals surface area (Å²) < 4.78 is 29.9. The first-order valence-electron chi connectivity index (χ1n) is 9.01. The topological polar surface area (TPSA) is 77.1 Å². The number of anilines is 1. The molecular weight excluding hydrogens is 447 g/mol. The van der Waals surface area contributed by atoms with Crippen molar-refractivity contribution in [3.05, 3.63) is 46.7 Å². The van der Waals surface area contributed by atoms with Gasteiger partial charge in [0.2, 0.25) is 5.91 Å². The number of carbonyl (C=O) groups is 2. The molecule has 1 heterocycles. The van der Waals surface area contributed by atoms with E-state index in [4.69, 9.17) is 14.2 Å². The molecule has 0 bridgehead atoms. The van der Waals surface area contributed by atoms with Crippen LogP contribution in [0.1, 0.15) is 6.92 Å². The lowest BCUT2D eigenvalue weighted by Crippen LogP contribution is -2.40. The summed E-state index contributed by atoms with van der Waals surface area (Å²) in [6.45, 7) is 2.65. The van der Waals surface area contributed by atoms with E-state index in [0.29, 0.717) is 47.2 Å². The smallest absolute Gasteiger partial charge is 0.260 e. The predicted octanol–water partition coefficient (Wildman–Crippen LogP) is 3.23. The van der Waals surface area contributed by atoms with Crippen LogP contribution in [-0.2, 0) is 9.59 Å². The molecule has 2 aromatic carbocycles. The fraction of sp³-hybridized carbons (Fsp3) is 0.300. The third kappa shape index (κ3) is 5.60. The summed E-state index contributed by atoms with van der Waals surface area (Å²) in [4.78, 5) is 26.1. The highest BCUT2D eigenvalue weighted by Gasteiger charge is 2.18. The minimum Gasteiger partial charge on any atom is -0.486 e. The first-order valence-corrected chi connectivity index (χ1v) is 9.80. The van der Waals surface area contributed by atoms with Gasteiger partial charge in [-0.15, -0.1) is 0 Å². The van der Waals surface area contributed by atoms with Gasteiger partial charge >= 0.3 is 0 Å². The fourth-order valence-electron chi connectivity index (χ4n) is 2.69. The lowest BCUT2D eigenvalue weighted by atomic mass is 10.2. The van der Waals surface area contributed by atoms with Crippen LogP contribution in [0, 0.1) is 5.82 Å². The van der Waals surface area contributed by atoms with Crippen molar-refractivity contribution in [2.45, 2.75) is 6.92 Å². The minimum absolute atomic E-state index is 0.127. The third-order valence-corrected chi connectivity index (χ3v) is 4.76. The number of halogens is 2. The molecule has 0 atom stereocenters. The molecule has 0 saturated heterocycles. The van der Waals surface area contributed by atoms with Crippen molar-refractivity contribution in [3.8, 4) is 17.2 Å². The van der Waals surface area contributed by atoms with E-state index in [1.54, 1.807) is 25.1 Å². The molecule has 0 aliphatic carbocycles. The number of nitrogens with zero attached hydrogens (tertiary/aromatic N) is 1. The second-order valence-electron chi connectivity index (χ2n) is 6.18. The van der Waals surface area contributed by atoms with Crippen LogP contribution in [0.25, 0.3) is 0 Å². The number of fused-ring (bicyclic) bond motifs is 1. The number of hydrogen-bond donors (Lipinski definition) is 1. The Hall–Kier alpha value is -2.81. The molecule has 0 radical (unpaired) electrons. The maximum atomic E-state index is 13.1. The molecule has 29 heavy (non-hydrogen) atoms. The quantitative estimate of drug-likeness (QED) is 0.677. The molecule has 1 aliphatic heterocycles. The zero-order valence-corrected chi connectivity index (χ0v) is 17.3. The maximum Gasteiger partial charge on any atom is 0.260 e. The molecule has 0 unspecified atom stereocenters. The molecule has 0 saturated carbocycles. The first kappa shape index (κ1) is 20.9. The molecule has 2 aromatic rings. The lowest BCUT2D eigenvalue weighted by molar-refractivity contribution is -0.136. The van der Waals surface area contributed by atoms with Gasteiger partial charge in [-0.3, -0.25) is 9.59 Å². The second-order valence-corrected chi connectivity index (χ2v) is 7.03. The summed E-state index contributed by atoms with van der Waals surface area (Å²) in [5.41, 5.74) is 0.550. The van der Waals surface area contributed by atoms with Gasteiger partial charge in [0.15, 0.2) is 18.1 Å². The number of benzene rings is 2. The van der Waals surface area contributed by atoms with Crippen molar-refractivity contribution in [1.82, 2.24) is 4.90 Å². The molecular formula is C20H20BrFN2O5. The van der Waals surface area contributed by atoms with Crippen LogP contribution in [0.5, 0.6) is 17.2 Å². The Bertz CT molecular complexity index is 908. The van der Waals surface area contributed by atoms with E-state index in [1.165, 1.54) is 23.1 Å². The van der Waals surface area contributed by atoms with Crippen LogP contribution in [0.2, 0.25) is 0 Å². The van der Waals surface area contributed by atoms with Gasteiger partial charge in [0.25, 0.3) is 5.91 Å². The highest BCUT2D eigenvalue weighted by atomic mass is 79.9. The van der Waals surface area contributed by atoms with Gasteiger partial charge in [-0.05, 0) is 53.2 Å². The van der Waals surface area contributed by atoms with Crippen LogP contribution >= 0.6 is 15.9 Å². The van der Waals surface area contributed by atoms with Gasteiger partial charge in [-0.1, -0.05) is 0 Å². The Kier molecular flexibility index (Phi) is 6.92. The van der Waals surface area contributed by atoms with E-state index in [-0.39, 0.29) is 25.0 Å². The van der Waals surface area contributed by atoms with Crippen molar-refractivity contribution in [2.75, 3.05) is 38.2 Å². The van der Waals surface area contributed by atoms with Gasteiger partial charge in [0, 0.05) is 18.3 Å². The number of rotatable bonds is 7. The largest absolute Gasteiger partial charge is 0.486 e. The number of nitrogens with one attached hydrogen (secondary N) is 1. The number of carbonyl (C=O) groups excluding carboxylic acids is 2. The van der Waals surface area contributed by atoms with Gasteiger partial charge in [0.05, 0.1) is 11.0 Å². The van der Waals surface area contributed by atoms with Crippen LogP contribution in [0.4, 0.5) is 10.1 Å². The van der Waals surface area contributed by atoms with Crippen LogP contribution in [0.15, 0.2) is 40.9 Å². The van der Waals surface area contributed by atoms with Gasteiger partial charge < -0.3 is 24.4 Å². The number of likely N-dealkylation sites (N-methyl/N-ethyl adjacent to an activating group) is 1. The third-order valence-electron chi connectivity index (χ3n) is 4.14. The molecule has 1 N–H and O–H groups in total. The molecule has 0 spiro atoms. The Morgan fingerprint density at radius 3 is 2.66 bits per heavy atom. The summed E-state index contributed by atoms with van der Waals surface area (Å²) in [5, 5.41) is 2.74. The van der Waals surface area contributed by atoms with Crippen molar-refractivity contribution in [3.63, 3.8) is 0 Å². The summed E-state index contributed by atoms with van der Waals surface area (Å²) in [7, 11) is 0. The number of hydrogen-bond acceptors (Lipinski definition) is 5. The zero-order chi connectivity index (χ0) is 20.8. The normalized spacial score (nSPS) is 12.2. The number of ether oxygens (including phenoxy) is 3. The van der Waals surface area contributed by atoms with Gasteiger partial charge in [-0.25, -0.2) is 4.39 Å². The molecule has 7 nitrogen and oxygen atoms in total. The molecule has 3 rings (SSSR count). The van der Waals surface area contributed by atoms with Crippen molar-refractivity contribution in [2.24, 2.45) is 0 Å².